The van der Waals surface area contributed by atoms with Gasteiger partial charge < -0.3 is 15.5 Å². The molecule has 0 saturated carbocycles. The van der Waals surface area contributed by atoms with Crippen LogP contribution >= 0.6 is 0 Å². The first-order valence-corrected chi connectivity index (χ1v) is 7.27. The molecule has 2 atom stereocenters. The molecule has 1 fully saturated rings. The number of carbonyl (C=O) groups is 2. The van der Waals surface area contributed by atoms with Crippen LogP contribution in [0, 0.1) is 5.92 Å². The molecule has 0 radical (unpaired) electrons. The minimum Gasteiger partial charge on any atom is -0.359 e. The van der Waals surface area contributed by atoms with Crippen LogP contribution in [-0.4, -0.2) is 46.8 Å². The summed E-state index contributed by atoms with van der Waals surface area (Å²) in [5.41, 5.74) is 0.964. The Balaban J connectivity index is 1.92. The van der Waals surface area contributed by atoms with Gasteiger partial charge >= 0.3 is 6.03 Å². The quantitative estimate of drug-likeness (QED) is 0.858. The van der Waals surface area contributed by atoms with Gasteiger partial charge in [0, 0.05) is 38.9 Å². The predicted molar refractivity (Wildman–Crippen MR) is 78.5 cm³/mol. The maximum atomic E-state index is 12.3. The van der Waals surface area contributed by atoms with Gasteiger partial charge in [0.2, 0.25) is 5.91 Å². The number of nitrogens with zero attached hydrogens (tertiary/aromatic N) is 3. The topological polar surface area (TPSA) is 79.3 Å². The summed E-state index contributed by atoms with van der Waals surface area (Å²) in [5.74, 6) is -0.101. The van der Waals surface area contributed by atoms with Crippen molar-refractivity contribution in [3.05, 3.63) is 18.0 Å². The van der Waals surface area contributed by atoms with Gasteiger partial charge in [-0.15, -0.1) is 0 Å². The summed E-state index contributed by atoms with van der Waals surface area (Å²) in [6.07, 6.45) is 5.32. The maximum absolute atomic E-state index is 12.3. The fourth-order valence-corrected chi connectivity index (χ4v) is 2.60. The predicted octanol–water partition coefficient (Wildman–Crippen LogP) is 0.649. The highest BCUT2D eigenvalue weighted by atomic mass is 16.2. The van der Waals surface area contributed by atoms with E-state index in [0.717, 1.165) is 18.4 Å². The smallest absolute Gasteiger partial charge is 0.317 e. The van der Waals surface area contributed by atoms with Crippen molar-refractivity contribution in [1.29, 1.82) is 0 Å². The molecule has 21 heavy (non-hydrogen) atoms. The molecule has 1 saturated heterocycles. The van der Waals surface area contributed by atoms with Gasteiger partial charge in [0.05, 0.1) is 18.2 Å². The summed E-state index contributed by atoms with van der Waals surface area (Å²) < 4.78 is 1.71. The van der Waals surface area contributed by atoms with E-state index in [-0.39, 0.29) is 23.9 Å². The van der Waals surface area contributed by atoms with Crippen LogP contribution in [0.2, 0.25) is 0 Å². The van der Waals surface area contributed by atoms with Gasteiger partial charge in [-0.2, -0.15) is 5.10 Å². The number of piperidine rings is 1. The lowest BCUT2D eigenvalue weighted by molar-refractivity contribution is -0.125. The van der Waals surface area contributed by atoms with E-state index in [2.05, 4.69) is 15.7 Å². The van der Waals surface area contributed by atoms with E-state index in [1.54, 1.807) is 22.8 Å². The number of likely N-dealkylation sites (tertiary alicyclic amines) is 1. The first-order valence-electron chi connectivity index (χ1n) is 7.27. The second-order valence-corrected chi connectivity index (χ2v) is 5.52. The van der Waals surface area contributed by atoms with E-state index >= 15 is 0 Å². The molecule has 7 nitrogen and oxygen atoms in total. The molecule has 1 aromatic heterocycles. The van der Waals surface area contributed by atoms with E-state index in [1.165, 1.54) is 0 Å². The second kappa shape index (κ2) is 6.60. The lowest BCUT2D eigenvalue weighted by Crippen LogP contribution is -2.48. The molecule has 3 amide bonds. The van der Waals surface area contributed by atoms with Crippen LogP contribution in [0.4, 0.5) is 4.79 Å². The SMILES string of the molecule is CNC(=O)[C@@H]1CCCN(C(=O)N[C@@H](C)c2cnn(C)c2)C1. The Morgan fingerprint density at radius 3 is 2.86 bits per heavy atom. The zero-order valence-electron chi connectivity index (χ0n) is 12.8. The highest BCUT2D eigenvalue weighted by molar-refractivity contribution is 5.80. The van der Waals surface area contributed by atoms with Gasteiger partial charge in [-0.25, -0.2) is 4.79 Å². The number of hydrogen-bond donors (Lipinski definition) is 2. The highest BCUT2D eigenvalue weighted by Gasteiger charge is 2.28. The first kappa shape index (κ1) is 15.3. The molecule has 0 aromatic carbocycles. The molecule has 1 aromatic rings. The molecule has 1 aliphatic heterocycles. The van der Waals surface area contributed by atoms with Crippen molar-refractivity contribution >= 4 is 11.9 Å². The Morgan fingerprint density at radius 2 is 2.24 bits per heavy atom. The Bertz CT molecular complexity index is 513. The van der Waals surface area contributed by atoms with E-state index < -0.39 is 0 Å². The third kappa shape index (κ3) is 3.74. The molecule has 0 unspecified atom stereocenters. The van der Waals surface area contributed by atoms with Crippen LogP contribution in [0.1, 0.15) is 31.4 Å². The van der Waals surface area contributed by atoms with Gasteiger partial charge in [0.1, 0.15) is 0 Å². The number of aromatic nitrogens is 2. The molecule has 116 valence electrons. The summed E-state index contributed by atoms with van der Waals surface area (Å²) in [6, 6.07) is -0.230. The normalized spacial score (nSPS) is 20.0. The summed E-state index contributed by atoms with van der Waals surface area (Å²) >= 11 is 0. The highest BCUT2D eigenvalue weighted by Crippen LogP contribution is 2.18. The average molecular weight is 293 g/mol. The standard InChI is InChI=1S/C14H23N5O2/c1-10(12-7-16-18(3)8-12)17-14(21)19-6-4-5-11(9-19)13(20)15-2/h7-8,10-11H,4-6,9H2,1-3H3,(H,15,20)(H,17,21)/t10-,11+/m0/s1. The average Bonchev–Trinajstić information content (AvgIpc) is 2.93. The van der Waals surface area contributed by atoms with Gasteiger partial charge in [-0.05, 0) is 19.8 Å². The number of rotatable bonds is 3. The molecule has 1 aliphatic rings. The third-order valence-electron chi connectivity index (χ3n) is 3.89. The van der Waals surface area contributed by atoms with E-state index in [9.17, 15) is 9.59 Å². The van der Waals surface area contributed by atoms with E-state index in [1.807, 2.05) is 20.2 Å². The zero-order valence-corrected chi connectivity index (χ0v) is 12.8. The Labute approximate surface area is 124 Å². The molecular formula is C14H23N5O2. The molecule has 0 bridgehead atoms. The van der Waals surface area contributed by atoms with Crippen LogP contribution in [-0.2, 0) is 11.8 Å². The van der Waals surface area contributed by atoms with Crippen LogP contribution in [0.25, 0.3) is 0 Å². The minimum absolute atomic E-state index is 0.00723. The largest absolute Gasteiger partial charge is 0.359 e. The van der Waals surface area contributed by atoms with Crippen molar-refractivity contribution in [2.24, 2.45) is 13.0 Å². The summed E-state index contributed by atoms with van der Waals surface area (Å²) in [6.45, 7) is 3.10. The van der Waals surface area contributed by atoms with Crippen LogP contribution < -0.4 is 10.6 Å². The van der Waals surface area contributed by atoms with E-state index in [4.69, 9.17) is 0 Å². The van der Waals surface area contributed by atoms with Gasteiger partial charge in [-0.1, -0.05) is 0 Å². The number of carbonyl (C=O) groups excluding carboxylic acids is 2. The van der Waals surface area contributed by atoms with Crippen LogP contribution in [0.5, 0.6) is 0 Å². The molecular weight excluding hydrogens is 270 g/mol. The number of amides is 3. The van der Waals surface area contributed by atoms with Crippen molar-refractivity contribution in [1.82, 2.24) is 25.3 Å². The lowest BCUT2D eigenvalue weighted by Gasteiger charge is -2.32. The van der Waals surface area contributed by atoms with E-state index in [0.29, 0.717) is 13.1 Å². The van der Waals surface area contributed by atoms with Gasteiger partial charge in [0.25, 0.3) is 0 Å². The number of aryl methyl sites for hydroxylation is 1. The van der Waals surface area contributed by atoms with Crippen molar-refractivity contribution < 1.29 is 9.59 Å². The summed E-state index contributed by atoms with van der Waals surface area (Å²) in [7, 11) is 3.47. The zero-order chi connectivity index (χ0) is 15.4. The number of nitrogens with one attached hydrogen (secondary N) is 2. The summed E-state index contributed by atoms with van der Waals surface area (Å²) in [5, 5.41) is 9.72. The number of urea groups is 1. The first-order chi connectivity index (χ1) is 10.0. The molecule has 2 rings (SSSR count). The maximum Gasteiger partial charge on any atom is 0.317 e. The van der Waals surface area contributed by atoms with Gasteiger partial charge in [0.15, 0.2) is 0 Å². The van der Waals surface area contributed by atoms with Crippen molar-refractivity contribution in [3.8, 4) is 0 Å². The van der Waals surface area contributed by atoms with Crippen LogP contribution in [0.15, 0.2) is 12.4 Å². The second-order valence-electron chi connectivity index (χ2n) is 5.52. The van der Waals surface area contributed by atoms with Crippen molar-refractivity contribution in [3.63, 3.8) is 0 Å². The monoisotopic (exact) mass is 293 g/mol. The van der Waals surface area contributed by atoms with Crippen molar-refractivity contribution in [2.45, 2.75) is 25.8 Å². The lowest BCUT2D eigenvalue weighted by atomic mass is 9.97. The summed E-state index contributed by atoms with van der Waals surface area (Å²) in [4.78, 5) is 25.7. The molecule has 7 heteroatoms. The Morgan fingerprint density at radius 1 is 1.48 bits per heavy atom. The number of hydrogen-bond acceptors (Lipinski definition) is 3. The molecule has 0 aliphatic carbocycles. The molecule has 2 heterocycles. The fraction of sp³-hybridized carbons (Fsp3) is 0.643. The molecule has 0 spiro atoms. The van der Waals surface area contributed by atoms with Crippen LogP contribution in [0.3, 0.4) is 0 Å². The Kier molecular flexibility index (Phi) is 4.82. The van der Waals surface area contributed by atoms with Gasteiger partial charge in [-0.3, -0.25) is 9.48 Å². The third-order valence-corrected chi connectivity index (χ3v) is 3.89. The Hall–Kier alpha value is -2.05. The molecule has 2 N–H and O–H groups in total. The van der Waals surface area contributed by atoms with Crippen molar-refractivity contribution in [2.75, 3.05) is 20.1 Å². The fourth-order valence-electron chi connectivity index (χ4n) is 2.60. The minimum atomic E-state index is -0.125.